The van der Waals surface area contributed by atoms with Gasteiger partial charge in [-0.05, 0) is 55.5 Å². The molecule has 7 heteroatoms. The first-order chi connectivity index (χ1) is 11.3. The van der Waals surface area contributed by atoms with Gasteiger partial charge in [0.25, 0.3) is 10.0 Å². The van der Waals surface area contributed by atoms with Crippen molar-refractivity contribution in [3.05, 3.63) is 53.6 Å². The normalized spacial score (nSPS) is 11.3. The Hall–Kier alpha value is -1.99. The topological polar surface area (TPSA) is 74.7 Å². The predicted octanol–water partition coefficient (Wildman–Crippen LogP) is 3.31. The Balaban J connectivity index is 2.60. The maximum Gasteiger partial charge on any atom is 0.324 e. The van der Waals surface area contributed by atoms with Gasteiger partial charge < -0.3 is 5.11 Å². The quantitative estimate of drug-likeness (QED) is 0.795. The molecule has 0 aromatic heterocycles. The van der Waals surface area contributed by atoms with Crippen molar-refractivity contribution in [2.24, 2.45) is 0 Å². The standard InChI is InChI=1S/C17H19NO4S2/c1-12-5-4-6-13(2)17(12)18(11-16(19)20)24(21,22)15-9-7-14(23-3)8-10-15/h4-10H,11H2,1-3H3,(H,19,20). The number of carboxylic acids is 1. The van der Waals surface area contributed by atoms with E-state index >= 15 is 0 Å². The van der Waals surface area contributed by atoms with Crippen molar-refractivity contribution in [1.29, 1.82) is 0 Å². The average Bonchev–Trinajstić information content (AvgIpc) is 2.53. The average molecular weight is 365 g/mol. The Kier molecular flexibility index (Phi) is 5.56. The molecule has 1 N–H and O–H groups in total. The van der Waals surface area contributed by atoms with Gasteiger partial charge in [0.2, 0.25) is 0 Å². The lowest BCUT2D eigenvalue weighted by Gasteiger charge is -2.26. The number of hydrogen-bond donors (Lipinski definition) is 1. The van der Waals surface area contributed by atoms with E-state index in [1.807, 2.05) is 12.3 Å². The Morgan fingerprint density at radius 1 is 1.08 bits per heavy atom. The monoisotopic (exact) mass is 365 g/mol. The number of rotatable bonds is 6. The molecule has 0 radical (unpaired) electrons. The van der Waals surface area contributed by atoms with Crippen molar-refractivity contribution in [3.63, 3.8) is 0 Å². The van der Waals surface area contributed by atoms with E-state index in [9.17, 15) is 18.3 Å². The van der Waals surface area contributed by atoms with Gasteiger partial charge in [-0.3, -0.25) is 9.10 Å². The van der Waals surface area contributed by atoms with Gasteiger partial charge in [0, 0.05) is 4.90 Å². The largest absolute Gasteiger partial charge is 0.480 e. The fraction of sp³-hybridized carbons (Fsp3) is 0.235. The molecule has 0 amide bonds. The molecule has 0 saturated carbocycles. The second kappa shape index (κ2) is 7.27. The van der Waals surface area contributed by atoms with E-state index < -0.39 is 22.5 Å². The molecule has 0 fully saturated rings. The zero-order valence-electron chi connectivity index (χ0n) is 13.7. The molecule has 24 heavy (non-hydrogen) atoms. The molecule has 128 valence electrons. The molecule has 0 heterocycles. The third kappa shape index (κ3) is 3.73. The Bertz CT molecular complexity index is 825. The molecule has 0 bridgehead atoms. The highest BCUT2D eigenvalue weighted by Gasteiger charge is 2.29. The van der Waals surface area contributed by atoms with E-state index in [-0.39, 0.29) is 4.90 Å². The van der Waals surface area contributed by atoms with Gasteiger partial charge in [0.15, 0.2) is 0 Å². The first kappa shape index (κ1) is 18.4. The van der Waals surface area contributed by atoms with Crippen LogP contribution in [0.5, 0.6) is 0 Å². The van der Waals surface area contributed by atoms with E-state index in [1.165, 1.54) is 23.9 Å². The Morgan fingerprint density at radius 2 is 1.62 bits per heavy atom. The van der Waals surface area contributed by atoms with Crippen LogP contribution in [0.2, 0.25) is 0 Å². The molecular weight excluding hydrogens is 346 g/mol. The zero-order valence-corrected chi connectivity index (χ0v) is 15.3. The molecule has 0 spiro atoms. The van der Waals surface area contributed by atoms with E-state index in [0.29, 0.717) is 16.8 Å². The molecule has 2 rings (SSSR count). The summed E-state index contributed by atoms with van der Waals surface area (Å²) in [4.78, 5) is 12.3. The number of aryl methyl sites for hydroxylation is 2. The second-order valence-corrected chi connectivity index (χ2v) is 8.06. The highest BCUT2D eigenvalue weighted by molar-refractivity contribution is 7.98. The lowest BCUT2D eigenvalue weighted by molar-refractivity contribution is -0.135. The summed E-state index contributed by atoms with van der Waals surface area (Å²) in [5, 5.41) is 9.21. The lowest BCUT2D eigenvalue weighted by atomic mass is 10.1. The van der Waals surface area contributed by atoms with E-state index in [4.69, 9.17) is 0 Å². The highest BCUT2D eigenvalue weighted by Crippen LogP contribution is 2.30. The molecule has 2 aromatic carbocycles. The van der Waals surface area contributed by atoms with Crippen LogP contribution in [0.15, 0.2) is 52.3 Å². The van der Waals surface area contributed by atoms with Crippen LogP contribution in [-0.2, 0) is 14.8 Å². The van der Waals surface area contributed by atoms with E-state index in [0.717, 1.165) is 9.20 Å². The van der Waals surface area contributed by atoms with Crippen molar-refractivity contribution in [1.82, 2.24) is 0 Å². The summed E-state index contributed by atoms with van der Waals surface area (Å²) in [7, 11) is -3.98. The van der Waals surface area contributed by atoms with Crippen LogP contribution >= 0.6 is 11.8 Å². The third-order valence-electron chi connectivity index (χ3n) is 3.62. The minimum atomic E-state index is -3.98. The minimum Gasteiger partial charge on any atom is -0.480 e. The van der Waals surface area contributed by atoms with Crippen molar-refractivity contribution >= 4 is 33.4 Å². The molecule has 0 aliphatic heterocycles. The van der Waals surface area contributed by atoms with Gasteiger partial charge in [-0.2, -0.15) is 0 Å². The van der Waals surface area contributed by atoms with Crippen molar-refractivity contribution in [3.8, 4) is 0 Å². The molecule has 0 unspecified atom stereocenters. The number of carboxylic acid groups (broad SMARTS) is 1. The molecular formula is C17H19NO4S2. The van der Waals surface area contributed by atoms with Crippen molar-refractivity contribution in [2.45, 2.75) is 23.6 Å². The molecule has 0 aliphatic rings. The Morgan fingerprint density at radius 3 is 2.08 bits per heavy atom. The van der Waals surface area contributed by atoms with Crippen LogP contribution in [0.4, 0.5) is 5.69 Å². The summed E-state index contributed by atoms with van der Waals surface area (Å²) in [5.74, 6) is -1.21. The number of benzene rings is 2. The molecule has 0 saturated heterocycles. The van der Waals surface area contributed by atoms with Crippen LogP contribution in [0, 0.1) is 13.8 Å². The number of hydrogen-bond acceptors (Lipinski definition) is 4. The fourth-order valence-corrected chi connectivity index (χ4v) is 4.43. The van der Waals surface area contributed by atoms with Gasteiger partial charge in [-0.15, -0.1) is 11.8 Å². The van der Waals surface area contributed by atoms with Gasteiger partial charge >= 0.3 is 5.97 Å². The fourth-order valence-electron chi connectivity index (χ4n) is 2.48. The second-order valence-electron chi connectivity index (χ2n) is 5.32. The molecule has 2 aromatic rings. The van der Waals surface area contributed by atoms with E-state index in [2.05, 4.69) is 0 Å². The first-order valence-corrected chi connectivity index (χ1v) is 9.88. The number of carbonyl (C=O) groups is 1. The van der Waals surface area contributed by atoms with Crippen molar-refractivity contribution in [2.75, 3.05) is 17.1 Å². The number of para-hydroxylation sites is 1. The van der Waals surface area contributed by atoms with Crippen molar-refractivity contribution < 1.29 is 18.3 Å². The summed E-state index contributed by atoms with van der Waals surface area (Å²) >= 11 is 1.51. The summed E-state index contributed by atoms with van der Waals surface area (Å²) in [6, 6.07) is 11.8. The Labute approximate surface area is 146 Å². The van der Waals surface area contributed by atoms with Crippen LogP contribution < -0.4 is 4.31 Å². The maximum absolute atomic E-state index is 13.0. The lowest BCUT2D eigenvalue weighted by Crippen LogP contribution is -2.36. The SMILES string of the molecule is CSc1ccc(S(=O)(=O)N(CC(=O)O)c2c(C)cccc2C)cc1. The number of thioether (sulfide) groups is 1. The third-order valence-corrected chi connectivity index (χ3v) is 6.12. The smallest absolute Gasteiger partial charge is 0.324 e. The van der Waals surface area contributed by atoms with Gasteiger partial charge in [0.05, 0.1) is 10.6 Å². The maximum atomic E-state index is 13.0. The highest BCUT2D eigenvalue weighted by atomic mass is 32.2. The zero-order chi connectivity index (χ0) is 17.9. The van der Waals surface area contributed by atoms with Gasteiger partial charge in [0.1, 0.15) is 6.54 Å². The summed E-state index contributed by atoms with van der Waals surface area (Å²) < 4.78 is 27.0. The van der Waals surface area contributed by atoms with Gasteiger partial charge in [-0.1, -0.05) is 18.2 Å². The number of nitrogens with zero attached hydrogens (tertiary/aromatic N) is 1. The minimum absolute atomic E-state index is 0.0733. The van der Waals surface area contributed by atoms with Crippen LogP contribution in [0.1, 0.15) is 11.1 Å². The summed E-state index contributed by atoms with van der Waals surface area (Å²) in [6.45, 7) is 2.91. The van der Waals surface area contributed by atoms with Crippen LogP contribution in [-0.4, -0.2) is 32.3 Å². The first-order valence-electron chi connectivity index (χ1n) is 7.22. The number of anilines is 1. The summed E-state index contributed by atoms with van der Waals surface area (Å²) in [6.07, 6.45) is 1.90. The molecule has 0 atom stereocenters. The molecule has 0 aliphatic carbocycles. The van der Waals surface area contributed by atoms with Crippen LogP contribution in [0.25, 0.3) is 0 Å². The number of sulfonamides is 1. The predicted molar refractivity (Wildman–Crippen MR) is 96.3 cm³/mol. The van der Waals surface area contributed by atoms with E-state index in [1.54, 1.807) is 38.1 Å². The summed E-state index contributed by atoms with van der Waals surface area (Å²) in [5.41, 5.74) is 1.83. The van der Waals surface area contributed by atoms with Crippen LogP contribution in [0.3, 0.4) is 0 Å². The van der Waals surface area contributed by atoms with Gasteiger partial charge in [-0.25, -0.2) is 8.42 Å². The molecule has 5 nitrogen and oxygen atoms in total. The number of aliphatic carboxylic acids is 1.